The number of allylic oxidation sites excluding steroid dienone is 2. The van der Waals surface area contributed by atoms with Crippen molar-refractivity contribution in [2.24, 2.45) is 0 Å². The molecule has 0 fully saturated rings. The van der Waals surface area contributed by atoms with Gasteiger partial charge in [0.15, 0.2) is 5.78 Å². The molecular weight excluding hydrogens is 343 g/mol. The highest BCUT2D eigenvalue weighted by Crippen LogP contribution is 2.31. The van der Waals surface area contributed by atoms with Gasteiger partial charge in [0, 0.05) is 31.4 Å². The Balaban J connectivity index is 1.70. The number of pyridine rings is 1. The van der Waals surface area contributed by atoms with Gasteiger partial charge in [0.2, 0.25) is 0 Å². The minimum Gasteiger partial charge on any atom is -0.301 e. The van der Waals surface area contributed by atoms with Crippen molar-refractivity contribution in [1.29, 1.82) is 0 Å². The van der Waals surface area contributed by atoms with E-state index in [1.165, 1.54) is 11.1 Å². The van der Waals surface area contributed by atoms with Gasteiger partial charge in [0.05, 0.1) is 5.56 Å². The van der Waals surface area contributed by atoms with Gasteiger partial charge in [-0.25, -0.2) is 4.98 Å². The number of alkyl halides is 3. The van der Waals surface area contributed by atoms with Crippen LogP contribution in [0.15, 0.2) is 60.4 Å². The zero-order valence-electron chi connectivity index (χ0n) is 14.1. The van der Waals surface area contributed by atoms with Crippen molar-refractivity contribution in [2.75, 3.05) is 12.1 Å². The van der Waals surface area contributed by atoms with Crippen LogP contribution in [0.25, 0.3) is 0 Å². The first-order valence-corrected chi connectivity index (χ1v) is 8.15. The largest absolute Gasteiger partial charge is 0.417 e. The summed E-state index contributed by atoms with van der Waals surface area (Å²) in [6.07, 6.45) is -1.00. The topological polar surface area (TPSA) is 45.2 Å². The Hall–Kier alpha value is -2.83. The second-order valence-corrected chi connectivity index (χ2v) is 6.23. The van der Waals surface area contributed by atoms with Gasteiger partial charge in [-0.2, -0.15) is 13.2 Å². The van der Waals surface area contributed by atoms with Crippen LogP contribution in [0.5, 0.6) is 0 Å². The van der Waals surface area contributed by atoms with Crippen molar-refractivity contribution < 1.29 is 18.0 Å². The highest BCUT2D eigenvalue weighted by molar-refractivity contribution is 5.92. The predicted octanol–water partition coefficient (Wildman–Crippen LogP) is 4.07. The Labute approximate surface area is 149 Å². The van der Waals surface area contributed by atoms with E-state index in [2.05, 4.69) is 10.4 Å². The summed E-state index contributed by atoms with van der Waals surface area (Å²) in [4.78, 5) is 15.9. The Kier molecular flexibility index (Phi) is 4.97. The van der Waals surface area contributed by atoms with Gasteiger partial charge < -0.3 is 5.43 Å². The Morgan fingerprint density at radius 1 is 1.12 bits per heavy atom. The van der Waals surface area contributed by atoms with E-state index in [1.54, 1.807) is 13.1 Å². The molecule has 0 amide bonds. The van der Waals surface area contributed by atoms with E-state index in [9.17, 15) is 18.0 Å². The van der Waals surface area contributed by atoms with E-state index >= 15 is 0 Å². The number of benzene rings is 1. The van der Waals surface area contributed by atoms with Crippen LogP contribution < -0.4 is 10.4 Å². The fourth-order valence-electron chi connectivity index (χ4n) is 2.96. The molecule has 136 valence electrons. The van der Waals surface area contributed by atoms with Gasteiger partial charge in [-0.3, -0.25) is 9.80 Å². The van der Waals surface area contributed by atoms with Crippen LogP contribution in [-0.4, -0.2) is 17.8 Å². The fourth-order valence-corrected chi connectivity index (χ4v) is 2.96. The second kappa shape index (κ2) is 7.19. The number of nitrogens with zero attached hydrogens (tertiary/aromatic N) is 2. The van der Waals surface area contributed by atoms with Crippen LogP contribution in [0, 0.1) is 0 Å². The molecule has 0 saturated carbocycles. The quantitative estimate of drug-likeness (QED) is 0.834. The minimum absolute atomic E-state index is 0.0152. The standard InChI is InChI=1S/C19H18F3N3O/c1-25(18-8-7-15(12-23-18)19(20,21)22)24-16-9-14(10-17(26)11-16)13-5-3-2-4-6-13/h2-8,11-12,14,24H,9-10H2,1H3. The van der Waals surface area contributed by atoms with Crippen molar-refractivity contribution in [2.45, 2.75) is 24.9 Å². The van der Waals surface area contributed by atoms with Crippen molar-refractivity contribution >= 4 is 11.6 Å². The lowest BCUT2D eigenvalue weighted by Crippen LogP contribution is -2.36. The van der Waals surface area contributed by atoms with E-state index in [0.29, 0.717) is 24.4 Å². The molecule has 1 aliphatic carbocycles. The zero-order valence-corrected chi connectivity index (χ0v) is 14.1. The molecule has 1 heterocycles. The number of anilines is 1. The first-order chi connectivity index (χ1) is 12.3. The highest BCUT2D eigenvalue weighted by atomic mass is 19.4. The first kappa shape index (κ1) is 18.0. The summed E-state index contributed by atoms with van der Waals surface area (Å²) in [7, 11) is 1.65. The maximum atomic E-state index is 12.6. The average molecular weight is 361 g/mol. The van der Waals surface area contributed by atoms with Crippen LogP contribution >= 0.6 is 0 Å². The highest BCUT2D eigenvalue weighted by Gasteiger charge is 2.31. The number of halogens is 3. The van der Waals surface area contributed by atoms with E-state index in [-0.39, 0.29) is 11.7 Å². The van der Waals surface area contributed by atoms with Crippen LogP contribution in [0.4, 0.5) is 19.0 Å². The zero-order chi connectivity index (χ0) is 18.7. The lowest BCUT2D eigenvalue weighted by molar-refractivity contribution is -0.137. The van der Waals surface area contributed by atoms with Gasteiger partial charge >= 0.3 is 6.18 Å². The predicted molar refractivity (Wildman–Crippen MR) is 92.3 cm³/mol. The first-order valence-electron chi connectivity index (χ1n) is 8.15. The van der Waals surface area contributed by atoms with E-state index in [0.717, 1.165) is 17.8 Å². The molecule has 0 aliphatic heterocycles. The van der Waals surface area contributed by atoms with Gasteiger partial charge in [-0.15, -0.1) is 0 Å². The number of carbonyl (C=O) groups is 1. The molecule has 1 aromatic heterocycles. The van der Waals surface area contributed by atoms with Crippen molar-refractivity contribution in [3.8, 4) is 0 Å². The maximum Gasteiger partial charge on any atom is 0.417 e. The molecule has 1 N–H and O–H groups in total. The molecule has 1 aliphatic rings. The van der Waals surface area contributed by atoms with Crippen LogP contribution in [-0.2, 0) is 11.0 Å². The molecule has 0 saturated heterocycles. The number of rotatable bonds is 4. The Morgan fingerprint density at radius 3 is 2.46 bits per heavy atom. The third-order valence-electron chi connectivity index (χ3n) is 4.25. The van der Waals surface area contributed by atoms with Gasteiger partial charge in [-0.05, 0) is 30.0 Å². The Morgan fingerprint density at radius 2 is 1.85 bits per heavy atom. The third-order valence-corrected chi connectivity index (χ3v) is 4.25. The monoisotopic (exact) mass is 361 g/mol. The number of hydrogen-bond donors (Lipinski definition) is 1. The van der Waals surface area contributed by atoms with Crippen molar-refractivity contribution in [3.63, 3.8) is 0 Å². The van der Waals surface area contributed by atoms with Crippen LogP contribution in [0.3, 0.4) is 0 Å². The number of aromatic nitrogens is 1. The molecular formula is C19H18F3N3O. The fraction of sp³-hybridized carbons (Fsp3) is 0.263. The summed E-state index contributed by atoms with van der Waals surface area (Å²) in [6, 6.07) is 12.0. The molecule has 0 spiro atoms. The minimum atomic E-state index is -4.42. The summed E-state index contributed by atoms with van der Waals surface area (Å²) < 4.78 is 37.9. The molecule has 0 radical (unpaired) electrons. The molecule has 0 bridgehead atoms. The number of ketones is 1. The van der Waals surface area contributed by atoms with Gasteiger partial charge in [0.25, 0.3) is 0 Å². The van der Waals surface area contributed by atoms with Crippen LogP contribution in [0.1, 0.15) is 29.9 Å². The summed E-state index contributed by atoms with van der Waals surface area (Å²) in [5.74, 6) is 0.416. The number of hydrogen-bond acceptors (Lipinski definition) is 4. The van der Waals surface area contributed by atoms with Gasteiger partial charge in [0.1, 0.15) is 5.82 Å². The molecule has 26 heavy (non-hydrogen) atoms. The van der Waals surface area contributed by atoms with Gasteiger partial charge in [-0.1, -0.05) is 30.3 Å². The smallest absolute Gasteiger partial charge is 0.301 e. The maximum absolute atomic E-state index is 12.6. The van der Waals surface area contributed by atoms with Crippen molar-refractivity contribution in [3.05, 3.63) is 71.6 Å². The molecule has 4 nitrogen and oxygen atoms in total. The molecule has 1 unspecified atom stereocenters. The summed E-state index contributed by atoms with van der Waals surface area (Å²) in [5.41, 5.74) is 4.05. The molecule has 1 atom stereocenters. The molecule has 3 rings (SSSR count). The SMILES string of the molecule is CN(NC1=CC(=O)CC(c2ccccc2)C1)c1ccc(C(F)(F)F)cn1. The van der Waals surface area contributed by atoms with Crippen molar-refractivity contribution in [1.82, 2.24) is 10.4 Å². The number of hydrazine groups is 1. The summed E-state index contributed by atoms with van der Waals surface area (Å²) >= 11 is 0. The Bertz CT molecular complexity index is 801. The molecule has 1 aromatic carbocycles. The average Bonchev–Trinajstić information content (AvgIpc) is 2.61. The van der Waals surface area contributed by atoms with Crippen LogP contribution in [0.2, 0.25) is 0 Å². The van der Waals surface area contributed by atoms with E-state index in [1.807, 2.05) is 30.3 Å². The normalized spacial score (nSPS) is 17.6. The summed E-state index contributed by atoms with van der Waals surface area (Å²) in [5, 5.41) is 1.51. The number of nitrogens with one attached hydrogen (secondary N) is 1. The summed E-state index contributed by atoms with van der Waals surface area (Å²) in [6.45, 7) is 0. The third kappa shape index (κ3) is 4.22. The molecule has 7 heteroatoms. The number of carbonyl (C=O) groups excluding carboxylic acids is 1. The molecule has 2 aromatic rings. The lowest BCUT2D eigenvalue weighted by Gasteiger charge is -2.28. The second-order valence-electron chi connectivity index (χ2n) is 6.23. The van der Waals surface area contributed by atoms with E-state index in [4.69, 9.17) is 0 Å². The lowest BCUT2D eigenvalue weighted by atomic mass is 9.85. The van der Waals surface area contributed by atoms with E-state index < -0.39 is 11.7 Å².